The Morgan fingerprint density at radius 2 is 1.88 bits per heavy atom. The molecule has 26 heavy (non-hydrogen) atoms. The molecule has 2 amide bonds. The Bertz CT molecular complexity index is 744. The fraction of sp³-hybridized carbons (Fsp3) is 0.632. The van der Waals surface area contributed by atoms with E-state index in [1.807, 2.05) is 34.8 Å². The van der Waals surface area contributed by atoms with Gasteiger partial charge in [-0.15, -0.1) is 0 Å². The van der Waals surface area contributed by atoms with Gasteiger partial charge in [0.15, 0.2) is 0 Å². The minimum atomic E-state index is -0.904. The van der Waals surface area contributed by atoms with E-state index in [4.69, 9.17) is 0 Å². The van der Waals surface area contributed by atoms with Crippen molar-refractivity contribution in [3.05, 3.63) is 24.0 Å². The van der Waals surface area contributed by atoms with Gasteiger partial charge in [-0.3, -0.25) is 9.59 Å². The van der Waals surface area contributed by atoms with E-state index in [1.54, 1.807) is 4.90 Å². The lowest BCUT2D eigenvalue weighted by atomic mass is 9.76. The second-order valence-electron chi connectivity index (χ2n) is 8.10. The molecule has 1 aliphatic carbocycles. The molecule has 0 aromatic carbocycles. The van der Waals surface area contributed by atoms with Crippen LogP contribution in [0.4, 0.5) is 0 Å². The summed E-state index contributed by atoms with van der Waals surface area (Å²) in [5.74, 6) is -0.841. The number of rotatable bonds is 3. The van der Waals surface area contributed by atoms with Crippen LogP contribution in [0.1, 0.15) is 42.6 Å². The number of carboxylic acid groups (broad SMARTS) is 1. The van der Waals surface area contributed by atoms with Gasteiger partial charge >= 0.3 is 5.97 Å². The van der Waals surface area contributed by atoms with E-state index >= 15 is 0 Å². The van der Waals surface area contributed by atoms with Crippen LogP contribution in [0.25, 0.3) is 0 Å². The molecule has 0 radical (unpaired) electrons. The van der Waals surface area contributed by atoms with E-state index in [-0.39, 0.29) is 23.1 Å². The molecule has 1 aromatic heterocycles. The van der Waals surface area contributed by atoms with E-state index in [2.05, 4.69) is 0 Å². The third-order valence-corrected chi connectivity index (χ3v) is 6.28. The first-order valence-electron chi connectivity index (χ1n) is 9.34. The summed E-state index contributed by atoms with van der Waals surface area (Å²) in [6, 6.07) is 2.96. The van der Waals surface area contributed by atoms with Crippen molar-refractivity contribution >= 4 is 17.8 Å². The van der Waals surface area contributed by atoms with Crippen LogP contribution in [0.3, 0.4) is 0 Å². The maximum Gasteiger partial charge on any atom is 0.326 e. The van der Waals surface area contributed by atoms with Gasteiger partial charge in [-0.05, 0) is 49.7 Å². The average Bonchev–Trinajstić information content (AvgIpc) is 3.28. The summed E-state index contributed by atoms with van der Waals surface area (Å²) in [7, 11) is 1.86. The van der Waals surface area contributed by atoms with Crippen molar-refractivity contribution in [2.24, 2.45) is 18.4 Å². The first kappa shape index (κ1) is 17.1. The maximum absolute atomic E-state index is 12.7. The fourth-order valence-electron chi connectivity index (χ4n) is 4.47. The van der Waals surface area contributed by atoms with Crippen molar-refractivity contribution in [1.82, 2.24) is 14.4 Å². The van der Waals surface area contributed by atoms with Gasteiger partial charge in [-0.1, -0.05) is 0 Å². The molecule has 3 heterocycles. The van der Waals surface area contributed by atoms with Crippen molar-refractivity contribution in [2.75, 3.05) is 19.6 Å². The van der Waals surface area contributed by atoms with Gasteiger partial charge in [0.05, 0.1) is 0 Å². The first-order chi connectivity index (χ1) is 12.4. The number of nitrogens with zero attached hydrogens (tertiary/aromatic N) is 3. The monoisotopic (exact) mass is 359 g/mol. The standard InChI is InChI=1S/C19H25N3O4/c1-20-8-2-3-14(20)17(24)21-9-6-19(7-10-21)11-15(18(25)26)22(12-19)16(23)13-4-5-13/h2-3,8,13,15H,4-7,9-12H2,1H3,(H,25,26). The van der Waals surface area contributed by atoms with Gasteiger partial charge in [0.2, 0.25) is 5.91 Å². The van der Waals surface area contributed by atoms with Crippen molar-refractivity contribution in [1.29, 1.82) is 0 Å². The molecule has 7 heteroatoms. The van der Waals surface area contributed by atoms with Gasteiger partial charge in [0.25, 0.3) is 5.91 Å². The van der Waals surface area contributed by atoms with Gasteiger partial charge in [0.1, 0.15) is 11.7 Å². The molecular weight excluding hydrogens is 334 g/mol. The molecule has 0 bridgehead atoms. The molecule has 1 atom stereocenters. The Labute approximate surface area is 152 Å². The average molecular weight is 359 g/mol. The van der Waals surface area contributed by atoms with Crippen LogP contribution in [-0.2, 0) is 16.6 Å². The lowest BCUT2D eigenvalue weighted by Gasteiger charge is -2.39. The number of carbonyl (C=O) groups is 3. The van der Waals surface area contributed by atoms with Crippen LogP contribution in [-0.4, -0.2) is 62.9 Å². The van der Waals surface area contributed by atoms with Crippen LogP contribution in [0.2, 0.25) is 0 Å². The Morgan fingerprint density at radius 1 is 1.19 bits per heavy atom. The normalized spacial score (nSPS) is 24.9. The lowest BCUT2D eigenvalue weighted by molar-refractivity contribution is -0.148. The summed E-state index contributed by atoms with van der Waals surface area (Å²) in [4.78, 5) is 40.3. The van der Waals surface area contributed by atoms with Crippen molar-refractivity contribution < 1.29 is 19.5 Å². The van der Waals surface area contributed by atoms with Crippen molar-refractivity contribution in [3.8, 4) is 0 Å². The van der Waals surface area contributed by atoms with Crippen LogP contribution >= 0.6 is 0 Å². The highest BCUT2D eigenvalue weighted by molar-refractivity contribution is 5.93. The lowest BCUT2D eigenvalue weighted by Crippen LogP contribution is -2.45. The third kappa shape index (κ3) is 2.89. The third-order valence-electron chi connectivity index (χ3n) is 6.28. The predicted molar refractivity (Wildman–Crippen MR) is 93.5 cm³/mol. The minimum Gasteiger partial charge on any atom is -0.480 e. The Morgan fingerprint density at radius 3 is 2.42 bits per heavy atom. The number of carbonyl (C=O) groups excluding carboxylic acids is 2. The molecule has 1 saturated carbocycles. The second kappa shape index (κ2) is 6.14. The molecule has 7 nitrogen and oxygen atoms in total. The fourth-order valence-corrected chi connectivity index (χ4v) is 4.47. The van der Waals surface area contributed by atoms with Gasteiger partial charge < -0.3 is 19.5 Å². The number of hydrogen-bond donors (Lipinski definition) is 1. The number of amides is 2. The number of carboxylic acids is 1. The summed E-state index contributed by atoms with van der Waals surface area (Å²) in [5, 5.41) is 9.58. The number of aryl methyl sites for hydroxylation is 1. The zero-order valence-electron chi connectivity index (χ0n) is 15.1. The molecule has 1 aromatic rings. The number of piperidine rings is 1. The summed E-state index contributed by atoms with van der Waals surface area (Å²) >= 11 is 0. The predicted octanol–water partition coefficient (Wildman–Crippen LogP) is 1.34. The summed E-state index contributed by atoms with van der Waals surface area (Å²) in [6.45, 7) is 1.75. The number of aromatic nitrogens is 1. The highest BCUT2D eigenvalue weighted by atomic mass is 16.4. The Balaban J connectivity index is 1.44. The summed E-state index contributed by atoms with van der Waals surface area (Å²) in [5.41, 5.74) is 0.500. The molecule has 3 aliphatic rings. The number of hydrogen-bond acceptors (Lipinski definition) is 3. The highest BCUT2D eigenvalue weighted by Gasteiger charge is 2.52. The Kier molecular flexibility index (Phi) is 4.04. The van der Waals surface area contributed by atoms with Crippen LogP contribution < -0.4 is 0 Å². The molecule has 2 aliphatic heterocycles. The largest absolute Gasteiger partial charge is 0.480 e. The smallest absolute Gasteiger partial charge is 0.326 e. The van der Waals surface area contributed by atoms with E-state index in [0.29, 0.717) is 31.7 Å². The molecule has 1 spiro atoms. The first-order valence-corrected chi connectivity index (χ1v) is 9.34. The van der Waals surface area contributed by atoms with E-state index < -0.39 is 12.0 Å². The molecule has 3 fully saturated rings. The van der Waals surface area contributed by atoms with E-state index in [0.717, 1.165) is 25.7 Å². The zero-order chi connectivity index (χ0) is 18.5. The second-order valence-corrected chi connectivity index (χ2v) is 8.10. The Hall–Kier alpha value is -2.31. The van der Waals surface area contributed by atoms with Gasteiger partial charge in [-0.25, -0.2) is 4.79 Å². The van der Waals surface area contributed by atoms with E-state index in [1.165, 1.54) is 0 Å². The van der Waals surface area contributed by atoms with Crippen LogP contribution in [0, 0.1) is 11.3 Å². The number of likely N-dealkylation sites (tertiary alicyclic amines) is 2. The van der Waals surface area contributed by atoms with Crippen molar-refractivity contribution in [3.63, 3.8) is 0 Å². The van der Waals surface area contributed by atoms with Crippen LogP contribution in [0.15, 0.2) is 18.3 Å². The molecule has 140 valence electrons. The topological polar surface area (TPSA) is 82.8 Å². The van der Waals surface area contributed by atoms with Gasteiger partial charge in [0, 0.05) is 38.8 Å². The summed E-state index contributed by atoms with van der Waals surface area (Å²) in [6.07, 6.45) is 5.63. The van der Waals surface area contributed by atoms with Crippen molar-refractivity contribution in [2.45, 2.75) is 38.1 Å². The minimum absolute atomic E-state index is 0.0107. The molecule has 4 rings (SSSR count). The molecular formula is C19H25N3O4. The summed E-state index contributed by atoms with van der Waals surface area (Å²) < 4.78 is 1.82. The maximum atomic E-state index is 12.7. The molecule has 1 unspecified atom stereocenters. The van der Waals surface area contributed by atoms with Gasteiger partial charge in [-0.2, -0.15) is 0 Å². The zero-order valence-corrected chi connectivity index (χ0v) is 15.1. The molecule has 1 N–H and O–H groups in total. The number of aliphatic carboxylic acids is 1. The SMILES string of the molecule is Cn1cccc1C(=O)N1CCC2(CC1)CC(C(=O)O)N(C(=O)C1CC1)C2. The highest BCUT2D eigenvalue weighted by Crippen LogP contribution is 2.45. The molecule has 2 saturated heterocycles. The van der Waals surface area contributed by atoms with E-state index in [9.17, 15) is 19.5 Å². The quantitative estimate of drug-likeness (QED) is 0.883. The van der Waals surface area contributed by atoms with Crippen LogP contribution in [0.5, 0.6) is 0 Å².